The highest BCUT2D eigenvalue weighted by Crippen LogP contribution is 2.36. The normalized spacial score (nSPS) is 17.5. The molecular weight excluding hydrogens is 442 g/mol. The maximum absolute atomic E-state index is 12.8. The lowest BCUT2D eigenvalue weighted by atomic mass is 9.75. The summed E-state index contributed by atoms with van der Waals surface area (Å²) in [7, 11) is 0. The number of pyridine rings is 1. The number of benzene rings is 1. The second kappa shape index (κ2) is 11.1. The van der Waals surface area contributed by atoms with E-state index in [4.69, 9.17) is 4.74 Å². The molecule has 2 aromatic rings. The number of carboxylic acids is 1. The molecule has 1 aliphatic carbocycles. The SMILES string of the molecule is C[C@H](Cc1ccc(OCCc2ccc3c(n2)NCCC3)c(C(=O)O)c1)NC(=O)C1(C)CCCCC1. The van der Waals surface area contributed by atoms with Gasteiger partial charge in [0.15, 0.2) is 0 Å². The number of nitrogens with zero attached hydrogens (tertiary/aromatic N) is 1. The van der Waals surface area contributed by atoms with Crippen molar-refractivity contribution in [2.24, 2.45) is 5.41 Å². The first kappa shape index (κ1) is 25.0. The maximum Gasteiger partial charge on any atom is 0.339 e. The zero-order valence-electron chi connectivity index (χ0n) is 20.9. The highest BCUT2D eigenvalue weighted by molar-refractivity contribution is 5.91. The van der Waals surface area contributed by atoms with E-state index in [1.165, 1.54) is 12.0 Å². The molecule has 3 N–H and O–H groups in total. The summed E-state index contributed by atoms with van der Waals surface area (Å²) in [6.45, 7) is 5.31. The minimum absolute atomic E-state index is 0.0849. The lowest BCUT2D eigenvalue weighted by Crippen LogP contribution is -2.44. The summed E-state index contributed by atoms with van der Waals surface area (Å²) < 4.78 is 5.85. The van der Waals surface area contributed by atoms with Crippen molar-refractivity contribution in [1.82, 2.24) is 10.3 Å². The highest BCUT2D eigenvalue weighted by Gasteiger charge is 2.34. The molecule has 0 radical (unpaired) electrons. The fourth-order valence-electron chi connectivity index (χ4n) is 5.13. The van der Waals surface area contributed by atoms with Gasteiger partial charge < -0.3 is 20.5 Å². The molecule has 1 atom stereocenters. The smallest absolute Gasteiger partial charge is 0.339 e. The van der Waals surface area contributed by atoms with Gasteiger partial charge in [0.05, 0.1) is 6.61 Å². The van der Waals surface area contributed by atoms with Crippen LogP contribution in [-0.2, 0) is 24.1 Å². The number of carbonyl (C=O) groups is 2. The standard InChI is InChI=1S/C28H37N3O4/c1-19(30-27(34)28(2)13-4-3-5-14-28)17-20-8-11-24(23(18-20)26(32)33)35-16-12-22-10-9-21-7-6-15-29-25(21)31-22/h8-11,18-19H,3-7,12-17H2,1-2H3,(H,29,31)(H,30,34)(H,32,33)/t19-/m1/s1. The molecule has 2 aliphatic rings. The summed E-state index contributed by atoms with van der Waals surface area (Å²) >= 11 is 0. The largest absolute Gasteiger partial charge is 0.492 e. The predicted octanol–water partition coefficient (Wildman–Crippen LogP) is 4.78. The molecular formula is C28H37N3O4. The number of aryl methyl sites for hydroxylation is 1. The molecule has 1 aromatic carbocycles. The molecule has 7 heteroatoms. The first-order chi connectivity index (χ1) is 16.8. The molecule has 7 nitrogen and oxygen atoms in total. The van der Waals surface area contributed by atoms with Crippen molar-refractivity contribution in [2.75, 3.05) is 18.5 Å². The number of hydrogen-bond donors (Lipinski definition) is 3. The first-order valence-corrected chi connectivity index (χ1v) is 12.9. The van der Waals surface area contributed by atoms with Crippen LogP contribution in [0.2, 0.25) is 0 Å². The summed E-state index contributed by atoms with van der Waals surface area (Å²) in [4.78, 5) is 29.4. The van der Waals surface area contributed by atoms with Crippen molar-refractivity contribution >= 4 is 17.7 Å². The third-order valence-corrected chi connectivity index (χ3v) is 7.27. The topological polar surface area (TPSA) is 101 Å². The number of amides is 1. The van der Waals surface area contributed by atoms with Crippen LogP contribution in [0.3, 0.4) is 0 Å². The summed E-state index contributed by atoms with van der Waals surface area (Å²) in [5, 5.41) is 16.2. The van der Waals surface area contributed by atoms with E-state index in [1.54, 1.807) is 12.1 Å². The van der Waals surface area contributed by atoms with Crippen LogP contribution in [-0.4, -0.2) is 41.2 Å². The molecule has 1 aromatic heterocycles. The van der Waals surface area contributed by atoms with Crippen molar-refractivity contribution in [3.63, 3.8) is 0 Å². The van der Waals surface area contributed by atoms with Gasteiger partial charge in [-0.25, -0.2) is 9.78 Å². The zero-order chi connectivity index (χ0) is 24.8. The number of ether oxygens (including phenoxy) is 1. The molecule has 1 fully saturated rings. The van der Waals surface area contributed by atoms with Crippen molar-refractivity contribution in [2.45, 2.75) is 77.7 Å². The lowest BCUT2D eigenvalue weighted by molar-refractivity contribution is -0.132. The lowest BCUT2D eigenvalue weighted by Gasteiger charge is -2.33. The van der Waals surface area contributed by atoms with Gasteiger partial charge in [-0.3, -0.25) is 4.79 Å². The van der Waals surface area contributed by atoms with E-state index in [0.717, 1.165) is 62.1 Å². The van der Waals surface area contributed by atoms with E-state index in [0.29, 0.717) is 25.2 Å². The Morgan fingerprint density at radius 2 is 1.97 bits per heavy atom. The van der Waals surface area contributed by atoms with Crippen LogP contribution in [0, 0.1) is 5.41 Å². The quantitative estimate of drug-likeness (QED) is 0.479. The van der Waals surface area contributed by atoms with Gasteiger partial charge in [-0.15, -0.1) is 0 Å². The summed E-state index contributed by atoms with van der Waals surface area (Å²) in [5.74, 6) is 0.380. The van der Waals surface area contributed by atoms with Gasteiger partial charge in [-0.1, -0.05) is 38.3 Å². The van der Waals surface area contributed by atoms with Crippen LogP contribution < -0.4 is 15.4 Å². The average molecular weight is 480 g/mol. The maximum atomic E-state index is 12.8. The van der Waals surface area contributed by atoms with Crippen LogP contribution in [0.25, 0.3) is 0 Å². The third-order valence-electron chi connectivity index (χ3n) is 7.27. The fraction of sp³-hybridized carbons (Fsp3) is 0.536. The van der Waals surface area contributed by atoms with E-state index in [2.05, 4.69) is 28.6 Å². The fourth-order valence-corrected chi connectivity index (χ4v) is 5.13. The predicted molar refractivity (Wildman–Crippen MR) is 136 cm³/mol. The third kappa shape index (κ3) is 6.32. The summed E-state index contributed by atoms with van der Waals surface area (Å²) in [6.07, 6.45) is 8.58. The van der Waals surface area contributed by atoms with Crippen LogP contribution in [0.4, 0.5) is 5.82 Å². The van der Waals surface area contributed by atoms with E-state index < -0.39 is 5.97 Å². The second-order valence-electron chi connectivity index (χ2n) is 10.3. The number of rotatable bonds is 9. The average Bonchev–Trinajstić information content (AvgIpc) is 2.85. The molecule has 4 rings (SSSR count). The van der Waals surface area contributed by atoms with Gasteiger partial charge in [-0.05, 0) is 68.4 Å². The van der Waals surface area contributed by atoms with Crippen molar-refractivity contribution < 1.29 is 19.4 Å². The Balaban J connectivity index is 1.34. The Bertz CT molecular complexity index is 1060. The van der Waals surface area contributed by atoms with E-state index in [-0.39, 0.29) is 22.9 Å². The molecule has 1 aliphatic heterocycles. The molecule has 188 valence electrons. The Kier molecular flexibility index (Phi) is 7.93. The van der Waals surface area contributed by atoms with Gasteiger partial charge in [0, 0.05) is 30.1 Å². The molecule has 0 unspecified atom stereocenters. The molecule has 35 heavy (non-hydrogen) atoms. The molecule has 0 spiro atoms. The Labute approximate surface area is 207 Å². The van der Waals surface area contributed by atoms with Crippen molar-refractivity contribution in [3.05, 3.63) is 52.7 Å². The molecule has 2 heterocycles. The summed E-state index contributed by atoms with van der Waals surface area (Å²) in [6, 6.07) is 9.29. The Morgan fingerprint density at radius 3 is 2.74 bits per heavy atom. The second-order valence-corrected chi connectivity index (χ2v) is 10.3. The number of carboxylic acid groups (broad SMARTS) is 1. The van der Waals surface area contributed by atoms with Gasteiger partial charge in [0.1, 0.15) is 17.1 Å². The van der Waals surface area contributed by atoms with Gasteiger partial charge >= 0.3 is 5.97 Å². The van der Waals surface area contributed by atoms with Crippen LogP contribution in [0.1, 0.15) is 79.6 Å². The molecule has 0 saturated heterocycles. The first-order valence-electron chi connectivity index (χ1n) is 12.9. The number of anilines is 1. The van der Waals surface area contributed by atoms with Crippen molar-refractivity contribution in [1.29, 1.82) is 0 Å². The molecule has 1 saturated carbocycles. The molecule has 1 amide bonds. The Morgan fingerprint density at radius 1 is 1.17 bits per heavy atom. The number of aromatic carboxylic acids is 1. The summed E-state index contributed by atoms with van der Waals surface area (Å²) in [5.41, 5.74) is 2.87. The van der Waals surface area contributed by atoms with Gasteiger partial charge in [-0.2, -0.15) is 0 Å². The number of aromatic nitrogens is 1. The van der Waals surface area contributed by atoms with E-state index >= 15 is 0 Å². The number of carbonyl (C=O) groups excluding carboxylic acids is 1. The van der Waals surface area contributed by atoms with Crippen LogP contribution >= 0.6 is 0 Å². The van der Waals surface area contributed by atoms with E-state index in [9.17, 15) is 14.7 Å². The van der Waals surface area contributed by atoms with Crippen molar-refractivity contribution in [3.8, 4) is 5.75 Å². The Hall–Kier alpha value is -3.09. The minimum atomic E-state index is -1.02. The highest BCUT2D eigenvalue weighted by atomic mass is 16.5. The monoisotopic (exact) mass is 479 g/mol. The minimum Gasteiger partial charge on any atom is -0.492 e. The number of hydrogen-bond acceptors (Lipinski definition) is 5. The van der Waals surface area contributed by atoms with Gasteiger partial charge in [0.25, 0.3) is 0 Å². The number of fused-ring (bicyclic) bond motifs is 1. The van der Waals surface area contributed by atoms with Crippen LogP contribution in [0.5, 0.6) is 5.75 Å². The molecule has 0 bridgehead atoms. The van der Waals surface area contributed by atoms with Crippen LogP contribution in [0.15, 0.2) is 30.3 Å². The van der Waals surface area contributed by atoms with Gasteiger partial charge in [0.2, 0.25) is 5.91 Å². The number of nitrogens with one attached hydrogen (secondary N) is 2. The zero-order valence-corrected chi connectivity index (χ0v) is 20.9. The van der Waals surface area contributed by atoms with E-state index in [1.807, 2.05) is 19.1 Å².